The van der Waals surface area contributed by atoms with E-state index in [9.17, 15) is 0 Å². The van der Waals surface area contributed by atoms with Gasteiger partial charge in [0, 0.05) is 19.1 Å². The molecule has 90 valence electrons. The van der Waals surface area contributed by atoms with Crippen LogP contribution in [0.1, 0.15) is 25.7 Å². The molecule has 1 aromatic heterocycles. The van der Waals surface area contributed by atoms with Gasteiger partial charge in [-0.05, 0) is 12.8 Å². The van der Waals surface area contributed by atoms with E-state index in [0.717, 1.165) is 26.0 Å². The molecule has 0 aliphatic carbocycles. The number of hydrogen-bond donors (Lipinski definition) is 1. The lowest BCUT2D eigenvalue weighted by atomic mass is 10.00. The molecule has 0 radical (unpaired) electrons. The van der Waals surface area contributed by atoms with Gasteiger partial charge in [0.25, 0.3) is 0 Å². The molecule has 5 nitrogen and oxygen atoms in total. The minimum Gasteiger partial charge on any atom is -0.407 e. The third-order valence-electron chi connectivity index (χ3n) is 2.85. The zero-order valence-corrected chi connectivity index (χ0v) is 10.0. The molecule has 2 unspecified atom stereocenters. The molecule has 2 atom stereocenters. The normalized spacial score (nSPS) is 24.9. The molecule has 1 aromatic rings. The molecule has 6 heteroatoms. The summed E-state index contributed by atoms with van der Waals surface area (Å²) in [5.74, 6) is 1.22. The Hall–Kier alpha value is -0.810. The van der Waals surface area contributed by atoms with Crippen LogP contribution in [0.15, 0.2) is 4.42 Å². The molecular weight excluding hydrogens is 230 g/mol. The lowest BCUT2D eigenvalue weighted by Crippen LogP contribution is -2.22. The number of alkyl halides is 1. The minimum absolute atomic E-state index is 0.249. The number of anilines is 1. The number of hydrogen-bond acceptors (Lipinski definition) is 5. The standard InChI is InChI=1S/C10H16ClN3O2/c1-2-8-7(3-4-15-8)6-12-10-14-13-9(5-11)16-10/h7-8H,2-6H2,1H3,(H,12,14). The summed E-state index contributed by atoms with van der Waals surface area (Å²) >= 11 is 5.57. The summed E-state index contributed by atoms with van der Waals surface area (Å²) in [7, 11) is 0. The highest BCUT2D eigenvalue weighted by Crippen LogP contribution is 2.23. The summed E-state index contributed by atoms with van der Waals surface area (Å²) in [6.07, 6.45) is 2.48. The number of rotatable bonds is 5. The average molecular weight is 246 g/mol. The second-order valence-electron chi connectivity index (χ2n) is 3.88. The van der Waals surface area contributed by atoms with E-state index < -0.39 is 0 Å². The zero-order chi connectivity index (χ0) is 11.4. The van der Waals surface area contributed by atoms with E-state index in [1.807, 2.05) is 0 Å². The van der Waals surface area contributed by atoms with Crippen LogP contribution in [-0.4, -0.2) is 29.5 Å². The third kappa shape index (κ3) is 2.65. The summed E-state index contributed by atoms with van der Waals surface area (Å²) in [6.45, 7) is 3.80. The fourth-order valence-electron chi connectivity index (χ4n) is 1.97. The van der Waals surface area contributed by atoms with Gasteiger partial charge in [-0.3, -0.25) is 0 Å². The van der Waals surface area contributed by atoms with Crippen molar-refractivity contribution < 1.29 is 9.15 Å². The highest BCUT2D eigenvalue weighted by atomic mass is 35.5. The zero-order valence-electron chi connectivity index (χ0n) is 9.28. The SMILES string of the molecule is CCC1OCCC1CNc1nnc(CCl)o1. The molecule has 0 bridgehead atoms. The second-order valence-corrected chi connectivity index (χ2v) is 4.15. The molecule has 0 amide bonds. The van der Waals surface area contributed by atoms with Gasteiger partial charge in [-0.25, -0.2) is 0 Å². The minimum atomic E-state index is 0.249. The van der Waals surface area contributed by atoms with Gasteiger partial charge in [0.05, 0.1) is 6.10 Å². The van der Waals surface area contributed by atoms with Crippen LogP contribution >= 0.6 is 11.6 Å². The van der Waals surface area contributed by atoms with E-state index in [1.165, 1.54) is 0 Å². The van der Waals surface area contributed by atoms with Crippen LogP contribution in [0.25, 0.3) is 0 Å². The predicted octanol–water partition coefficient (Wildman–Crippen LogP) is 2.04. The van der Waals surface area contributed by atoms with Gasteiger partial charge in [-0.2, -0.15) is 0 Å². The van der Waals surface area contributed by atoms with Gasteiger partial charge in [0.2, 0.25) is 5.89 Å². The van der Waals surface area contributed by atoms with Gasteiger partial charge in [-0.15, -0.1) is 16.7 Å². The summed E-state index contributed by atoms with van der Waals surface area (Å²) in [5, 5.41) is 10.7. The van der Waals surface area contributed by atoms with E-state index >= 15 is 0 Å². The topological polar surface area (TPSA) is 60.2 Å². The molecule has 2 heterocycles. The first-order valence-corrected chi connectivity index (χ1v) is 6.10. The fourth-order valence-corrected chi connectivity index (χ4v) is 2.08. The van der Waals surface area contributed by atoms with Crippen LogP contribution in [0.3, 0.4) is 0 Å². The van der Waals surface area contributed by atoms with Gasteiger partial charge >= 0.3 is 6.01 Å². The number of aromatic nitrogens is 2. The molecule has 16 heavy (non-hydrogen) atoms. The molecule has 1 N–H and O–H groups in total. The van der Waals surface area contributed by atoms with Gasteiger partial charge in [-0.1, -0.05) is 12.0 Å². The lowest BCUT2D eigenvalue weighted by Gasteiger charge is -2.16. The van der Waals surface area contributed by atoms with Crippen molar-refractivity contribution in [2.24, 2.45) is 5.92 Å². The van der Waals surface area contributed by atoms with E-state index in [1.54, 1.807) is 0 Å². The Morgan fingerprint density at radius 1 is 1.50 bits per heavy atom. The van der Waals surface area contributed by atoms with Crippen LogP contribution in [0, 0.1) is 5.92 Å². The summed E-state index contributed by atoms with van der Waals surface area (Å²) in [6, 6.07) is 0.442. The number of ether oxygens (including phenoxy) is 1. The van der Waals surface area contributed by atoms with E-state index in [0.29, 0.717) is 23.9 Å². The molecule has 0 aromatic carbocycles. The van der Waals surface area contributed by atoms with E-state index in [-0.39, 0.29) is 5.88 Å². The van der Waals surface area contributed by atoms with Crippen molar-refractivity contribution in [1.29, 1.82) is 0 Å². The van der Waals surface area contributed by atoms with Crippen LogP contribution in [0.5, 0.6) is 0 Å². The summed E-state index contributed by atoms with van der Waals surface area (Å²) in [4.78, 5) is 0. The molecule has 1 saturated heterocycles. The molecule has 1 fully saturated rings. The highest BCUT2D eigenvalue weighted by Gasteiger charge is 2.26. The molecule has 2 rings (SSSR count). The first-order valence-electron chi connectivity index (χ1n) is 5.57. The maximum Gasteiger partial charge on any atom is 0.315 e. The Morgan fingerprint density at radius 3 is 3.06 bits per heavy atom. The summed E-state index contributed by atoms with van der Waals surface area (Å²) in [5.41, 5.74) is 0. The van der Waals surface area contributed by atoms with Crippen molar-refractivity contribution >= 4 is 17.6 Å². The molecule has 0 spiro atoms. The van der Waals surface area contributed by atoms with Crippen LogP contribution in [0.2, 0.25) is 0 Å². The number of nitrogens with zero attached hydrogens (tertiary/aromatic N) is 2. The Kier molecular flexibility index (Phi) is 4.01. The largest absolute Gasteiger partial charge is 0.407 e. The van der Waals surface area contributed by atoms with Crippen molar-refractivity contribution in [3.05, 3.63) is 5.89 Å². The van der Waals surface area contributed by atoms with Crippen molar-refractivity contribution in [2.75, 3.05) is 18.5 Å². The predicted molar refractivity (Wildman–Crippen MR) is 60.5 cm³/mol. The first kappa shape index (κ1) is 11.7. The lowest BCUT2D eigenvalue weighted by molar-refractivity contribution is 0.0899. The molecule has 0 saturated carbocycles. The van der Waals surface area contributed by atoms with Crippen molar-refractivity contribution in [1.82, 2.24) is 10.2 Å². The number of halogens is 1. The number of nitrogens with one attached hydrogen (secondary N) is 1. The molecular formula is C10H16ClN3O2. The second kappa shape index (κ2) is 5.50. The Morgan fingerprint density at radius 2 is 2.38 bits per heavy atom. The fraction of sp³-hybridized carbons (Fsp3) is 0.800. The maximum absolute atomic E-state index is 5.60. The Labute approximate surface area is 99.5 Å². The van der Waals surface area contributed by atoms with Crippen molar-refractivity contribution in [2.45, 2.75) is 31.7 Å². The molecule has 1 aliphatic heterocycles. The van der Waals surface area contributed by atoms with Gasteiger partial charge in [0.15, 0.2) is 0 Å². The van der Waals surface area contributed by atoms with Crippen LogP contribution in [0.4, 0.5) is 6.01 Å². The monoisotopic (exact) mass is 245 g/mol. The van der Waals surface area contributed by atoms with Crippen molar-refractivity contribution in [3.8, 4) is 0 Å². The van der Waals surface area contributed by atoms with E-state index in [2.05, 4.69) is 22.4 Å². The van der Waals surface area contributed by atoms with Crippen LogP contribution < -0.4 is 5.32 Å². The quantitative estimate of drug-likeness (QED) is 0.805. The van der Waals surface area contributed by atoms with Gasteiger partial charge < -0.3 is 14.5 Å². The molecule has 1 aliphatic rings. The van der Waals surface area contributed by atoms with Crippen LogP contribution in [-0.2, 0) is 10.6 Å². The first-order chi connectivity index (χ1) is 7.83. The highest BCUT2D eigenvalue weighted by molar-refractivity contribution is 6.16. The summed E-state index contributed by atoms with van der Waals surface area (Å²) < 4.78 is 10.9. The maximum atomic E-state index is 5.60. The average Bonchev–Trinajstić information content (AvgIpc) is 2.94. The van der Waals surface area contributed by atoms with Gasteiger partial charge in [0.1, 0.15) is 5.88 Å². The Balaban J connectivity index is 1.82. The smallest absolute Gasteiger partial charge is 0.315 e. The van der Waals surface area contributed by atoms with Crippen molar-refractivity contribution in [3.63, 3.8) is 0 Å². The Bertz CT molecular complexity index is 332. The van der Waals surface area contributed by atoms with E-state index in [4.69, 9.17) is 20.8 Å². The third-order valence-corrected chi connectivity index (χ3v) is 3.07.